The van der Waals surface area contributed by atoms with Crippen molar-refractivity contribution < 1.29 is 18.7 Å². The smallest absolute Gasteiger partial charge is 0.332 e. The van der Waals surface area contributed by atoms with Gasteiger partial charge in [-0.2, -0.15) is 0 Å². The van der Waals surface area contributed by atoms with E-state index in [2.05, 4.69) is 10.6 Å². The topological polar surface area (TPSA) is 125 Å². The van der Waals surface area contributed by atoms with Crippen LogP contribution in [0.2, 0.25) is 5.02 Å². The molecule has 0 saturated heterocycles. The number of nitrogens with zero attached hydrogens (tertiary/aromatic N) is 2. The highest BCUT2D eigenvalue weighted by molar-refractivity contribution is 6.31. The molecule has 1 aliphatic carbocycles. The van der Waals surface area contributed by atoms with E-state index < -0.39 is 36.2 Å². The van der Waals surface area contributed by atoms with Gasteiger partial charge in [-0.3, -0.25) is 19.0 Å². The number of rotatable bonds is 7. The highest BCUT2D eigenvalue weighted by atomic mass is 35.5. The SMILES string of the molecule is COc1ccc(Cl)cc1NC(=O)Cn1c(=O)n(CC(=O)NC2CCCC2)c(=O)c2oc3ccccc3c21. The predicted molar refractivity (Wildman–Crippen MR) is 139 cm³/mol. The number of amides is 2. The number of hydrogen-bond acceptors (Lipinski definition) is 6. The number of para-hydroxylation sites is 1. The van der Waals surface area contributed by atoms with Crippen molar-refractivity contribution in [1.29, 1.82) is 0 Å². The summed E-state index contributed by atoms with van der Waals surface area (Å²) >= 11 is 6.07. The molecule has 0 aliphatic heterocycles. The Morgan fingerprint density at radius 3 is 2.54 bits per heavy atom. The number of methoxy groups -OCH3 is 1. The Labute approximate surface area is 215 Å². The van der Waals surface area contributed by atoms with Crippen LogP contribution in [0.25, 0.3) is 22.1 Å². The number of carbonyl (C=O) groups excluding carboxylic acids is 2. The molecule has 2 heterocycles. The van der Waals surface area contributed by atoms with Crippen molar-refractivity contribution in [3.8, 4) is 5.75 Å². The number of halogens is 1. The van der Waals surface area contributed by atoms with Gasteiger partial charge in [-0.25, -0.2) is 9.36 Å². The molecule has 2 aromatic heterocycles. The van der Waals surface area contributed by atoms with Gasteiger partial charge in [0, 0.05) is 16.5 Å². The van der Waals surface area contributed by atoms with Crippen LogP contribution < -0.4 is 26.6 Å². The highest BCUT2D eigenvalue weighted by Crippen LogP contribution is 2.28. The number of aromatic nitrogens is 2. The summed E-state index contributed by atoms with van der Waals surface area (Å²) in [6.45, 7) is -0.927. The van der Waals surface area contributed by atoms with Crippen molar-refractivity contribution in [3.05, 3.63) is 68.3 Å². The Morgan fingerprint density at radius 2 is 1.78 bits per heavy atom. The van der Waals surface area contributed by atoms with E-state index in [4.69, 9.17) is 20.8 Å². The van der Waals surface area contributed by atoms with Crippen LogP contribution in [0.15, 0.2) is 56.5 Å². The standard InChI is InChI=1S/C26H25ClN4O6/c1-36-20-11-10-15(27)12-18(20)29-22(33)13-30-23-17-8-4-5-9-19(17)37-24(23)25(34)31(26(30)35)14-21(32)28-16-6-2-3-7-16/h4-5,8-12,16H,2-3,6-7,13-14H2,1H3,(H,28,32)(H,29,33). The minimum atomic E-state index is -0.793. The quantitative estimate of drug-likeness (QED) is 0.382. The van der Waals surface area contributed by atoms with E-state index in [1.807, 2.05) is 0 Å². The second-order valence-electron chi connectivity index (χ2n) is 8.98. The molecule has 1 aliphatic rings. The first kappa shape index (κ1) is 24.6. The molecule has 0 spiro atoms. The number of nitrogens with one attached hydrogen (secondary N) is 2. The van der Waals surface area contributed by atoms with E-state index in [-0.39, 0.29) is 17.1 Å². The summed E-state index contributed by atoms with van der Waals surface area (Å²) in [5, 5.41) is 6.47. The summed E-state index contributed by atoms with van der Waals surface area (Å²) in [4.78, 5) is 52.6. The largest absolute Gasteiger partial charge is 0.495 e. The summed E-state index contributed by atoms with van der Waals surface area (Å²) in [5.41, 5.74) is -0.739. The molecular formula is C26H25ClN4O6. The van der Waals surface area contributed by atoms with Crippen LogP contribution in [0.1, 0.15) is 25.7 Å². The van der Waals surface area contributed by atoms with E-state index in [9.17, 15) is 19.2 Å². The van der Waals surface area contributed by atoms with E-state index >= 15 is 0 Å². The second-order valence-corrected chi connectivity index (χ2v) is 9.41. The van der Waals surface area contributed by atoms with Crippen LogP contribution in [0.4, 0.5) is 5.69 Å². The minimum Gasteiger partial charge on any atom is -0.495 e. The van der Waals surface area contributed by atoms with Gasteiger partial charge in [0.05, 0.1) is 12.8 Å². The first-order chi connectivity index (χ1) is 17.9. The summed E-state index contributed by atoms with van der Waals surface area (Å²) in [6, 6.07) is 11.6. The first-order valence-electron chi connectivity index (χ1n) is 11.9. The van der Waals surface area contributed by atoms with Gasteiger partial charge in [0.25, 0.3) is 5.56 Å². The van der Waals surface area contributed by atoms with Gasteiger partial charge >= 0.3 is 5.69 Å². The fourth-order valence-electron chi connectivity index (χ4n) is 4.78. The Morgan fingerprint density at radius 1 is 1.05 bits per heavy atom. The normalized spacial score (nSPS) is 13.8. The van der Waals surface area contributed by atoms with Crippen LogP contribution >= 0.6 is 11.6 Å². The fraction of sp³-hybridized carbons (Fsp3) is 0.308. The molecule has 4 aromatic rings. The number of anilines is 1. The monoisotopic (exact) mass is 524 g/mol. The van der Waals surface area contributed by atoms with Gasteiger partial charge in [-0.15, -0.1) is 0 Å². The zero-order valence-corrected chi connectivity index (χ0v) is 20.8. The number of ether oxygens (including phenoxy) is 1. The maximum atomic E-state index is 13.6. The van der Waals surface area contributed by atoms with E-state index in [1.54, 1.807) is 36.4 Å². The molecule has 0 atom stereocenters. The van der Waals surface area contributed by atoms with Gasteiger partial charge in [-0.1, -0.05) is 36.6 Å². The lowest BCUT2D eigenvalue weighted by Crippen LogP contribution is -2.46. The second kappa shape index (κ2) is 10.1. The van der Waals surface area contributed by atoms with Gasteiger partial charge < -0.3 is 19.8 Å². The van der Waals surface area contributed by atoms with Crippen LogP contribution in [0.5, 0.6) is 5.75 Å². The molecule has 1 saturated carbocycles. The molecule has 11 heteroatoms. The summed E-state index contributed by atoms with van der Waals surface area (Å²) in [5.74, 6) is -0.617. The molecule has 5 rings (SSSR count). The molecule has 2 amide bonds. The van der Waals surface area contributed by atoms with E-state index in [0.717, 1.165) is 34.8 Å². The average Bonchev–Trinajstić information content (AvgIpc) is 3.52. The van der Waals surface area contributed by atoms with E-state index in [1.165, 1.54) is 13.2 Å². The van der Waals surface area contributed by atoms with Crippen LogP contribution in [0, 0.1) is 0 Å². The number of benzene rings is 2. The molecule has 2 aromatic carbocycles. The highest BCUT2D eigenvalue weighted by Gasteiger charge is 2.24. The Balaban J connectivity index is 1.56. The van der Waals surface area contributed by atoms with Crippen molar-refractivity contribution >= 4 is 51.2 Å². The van der Waals surface area contributed by atoms with Crippen molar-refractivity contribution in [3.63, 3.8) is 0 Å². The van der Waals surface area contributed by atoms with Gasteiger partial charge in [-0.05, 0) is 43.2 Å². The zero-order chi connectivity index (χ0) is 26.1. The molecular weight excluding hydrogens is 500 g/mol. The lowest BCUT2D eigenvalue weighted by Gasteiger charge is -2.15. The maximum absolute atomic E-state index is 13.6. The molecule has 0 radical (unpaired) electrons. The number of fused-ring (bicyclic) bond motifs is 3. The molecule has 10 nitrogen and oxygen atoms in total. The minimum absolute atomic E-state index is 0.0267. The third kappa shape index (κ3) is 4.84. The van der Waals surface area contributed by atoms with Crippen molar-refractivity contribution in [2.75, 3.05) is 12.4 Å². The third-order valence-corrected chi connectivity index (χ3v) is 6.73. The lowest BCUT2D eigenvalue weighted by molar-refractivity contribution is -0.122. The van der Waals surface area contributed by atoms with Crippen LogP contribution in [-0.2, 0) is 22.7 Å². The van der Waals surface area contributed by atoms with Crippen LogP contribution in [-0.4, -0.2) is 34.1 Å². The van der Waals surface area contributed by atoms with Crippen LogP contribution in [0.3, 0.4) is 0 Å². The van der Waals surface area contributed by atoms with Crippen molar-refractivity contribution in [2.24, 2.45) is 0 Å². The average molecular weight is 525 g/mol. The fourth-order valence-corrected chi connectivity index (χ4v) is 4.95. The zero-order valence-electron chi connectivity index (χ0n) is 20.1. The molecule has 0 bridgehead atoms. The van der Waals surface area contributed by atoms with E-state index in [0.29, 0.717) is 27.4 Å². The number of hydrogen-bond donors (Lipinski definition) is 2. The summed E-state index contributed by atoms with van der Waals surface area (Å²) in [6.07, 6.45) is 3.77. The Kier molecular flexibility index (Phi) is 6.75. The maximum Gasteiger partial charge on any atom is 0.332 e. The van der Waals surface area contributed by atoms with Gasteiger partial charge in [0.15, 0.2) is 0 Å². The number of carbonyl (C=O) groups is 2. The summed E-state index contributed by atoms with van der Waals surface area (Å²) in [7, 11) is 1.46. The Hall–Kier alpha value is -4.05. The van der Waals surface area contributed by atoms with Gasteiger partial charge in [0.2, 0.25) is 17.4 Å². The molecule has 2 N–H and O–H groups in total. The Bertz CT molecular complexity index is 1630. The lowest BCUT2D eigenvalue weighted by atomic mass is 10.2. The number of furan rings is 1. The summed E-state index contributed by atoms with van der Waals surface area (Å²) < 4.78 is 13.0. The van der Waals surface area contributed by atoms with Crippen molar-refractivity contribution in [1.82, 2.24) is 14.5 Å². The van der Waals surface area contributed by atoms with Crippen molar-refractivity contribution in [2.45, 2.75) is 44.8 Å². The predicted octanol–water partition coefficient (Wildman–Crippen LogP) is 3.27. The first-order valence-corrected chi connectivity index (χ1v) is 12.3. The molecule has 192 valence electrons. The van der Waals surface area contributed by atoms with Gasteiger partial charge in [0.1, 0.15) is 29.9 Å². The molecule has 37 heavy (non-hydrogen) atoms. The molecule has 1 fully saturated rings. The third-order valence-electron chi connectivity index (χ3n) is 6.50. The molecule has 0 unspecified atom stereocenters.